The smallest absolute Gasteiger partial charge is 0.123 e. The number of hydrogen-bond donors (Lipinski definition) is 2. The van der Waals surface area contributed by atoms with E-state index in [-0.39, 0.29) is 10.8 Å². The maximum absolute atomic E-state index is 10.3. The van der Waals surface area contributed by atoms with E-state index in [0.29, 0.717) is 5.75 Å². The first kappa shape index (κ1) is 19.0. The van der Waals surface area contributed by atoms with Crippen LogP contribution in [0.4, 0.5) is 0 Å². The second-order valence-corrected chi connectivity index (χ2v) is 8.26. The van der Waals surface area contributed by atoms with Gasteiger partial charge in [0.1, 0.15) is 5.75 Å². The average molecular weight is 306 g/mol. The Hall–Kier alpha value is -1.06. The van der Waals surface area contributed by atoms with Gasteiger partial charge in [-0.15, -0.1) is 0 Å². The average Bonchev–Trinajstić information content (AvgIpc) is 2.37. The lowest BCUT2D eigenvalue weighted by molar-refractivity contribution is 0.291. The van der Waals surface area contributed by atoms with E-state index in [0.717, 1.165) is 24.2 Å². The van der Waals surface area contributed by atoms with Gasteiger partial charge < -0.3 is 15.3 Å². The van der Waals surface area contributed by atoms with Gasteiger partial charge in [-0.05, 0) is 29.0 Å². The molecule has 1 aromatic rings. The zero-order valence-corrected chi connectivity index (χ0v) is 15.5. The normalized spacial score (nSPS) is 16.9. The Kier molecular flexibility index (Phi) is 6.45. The number of phenolic OH excluding ortho intramolecular Hbond substituents is 1. The summed E-state index contributed by atoms with van der Waals surface area (Å²) in [6, 6.07) is 6.04. The fourth-order valence-electron chi connectivity index (χ4n) is 2.53. The monoisotopic (exact) mass is 306 g/mol. The van der Waals surface area contributed by atoms with Crippen LogP contribution in [0.5, 0.6) is 5.75 Å². The number of aromatic hydroxyl groups is 1. The molecule has 3 nitrogen and oxygen atoms in total. The van der Waals surface area contributed by atoms with Crippen LogP contribution in [0.2, 0.25) is 0 Å². The maximum Gasteiger partial charge on any atom is 0.123 e. The molecular weight excluding hydrogens is 272 g/mol. The van der Waals surface area contributed by atoms with Gasteiger partial charge in [0.25, 0.3) is 0 Å². The number of likely N-dealkylation sites (N-methyl/N-ethyl adjacent to an activating group) is 1. The first-order valence-electron chi connectivity index (χ1n) is 8.25. The molecule has 0 spiro atoms. The summed E-state index contributed by atoms with van der Waals surface area (Å²) >= 11 is 0. The third-order valence-electron chi connectivity index (χ3n) is 3.99. The van der Waals surface area contributed by atoms with Crippen molar-refractivity contribution in [1.29, 1.82) is 0 Å². The molecular formula is C19H34N2O. The van der Waals surface area contributed by atoms with Crippen molar-refractivity contribution in [3.05, 3.63) is 29.3 Å². The van der Waals surface area contributed by atoms with Gasteiger partial charge in [0.15, 0.2) is 0 Å². The number of piperazine rings is 1. The number of hydrogen-bond acceptors (Lipinski definition) is 3. The number of para-hydroxylation sites is 1. The van der Waals surface area contributed by atoms with Crippen molar-refractivity contribution in [3.8, 4) is 5.75 Å². The predicted octanol–water partition coefficient (Wildman–Crippen LogP) is 3.51. The molecule has 22 heavy (non-hydrogen) atoms. The fourth-order valence-corrected chi connectivity index (χ4v) is 2.53. The second-order valence-electron chi connectivity index (χ2n) is 8.26. The Labute approximate surface area is 136 Å². The molecule has 126 valence electrons. The molecule has 1 aromatic carbocycles. The van der Waals surface area contributed by atoms with Gasteiger partial charge in [0, 0.05) is 26.2 Å². The first-order chi connectivity index (χ1) is 10.0. The summed E-state index contributed by atoms with van der Waals surface area (Å²) in [5.41, 5.74) is 2.03. The Bertz CT molecular complexity index is 431. The van der Waals surface area contributed by atoms with Crippen LogP contribution in [-0.2, 0) is 10.8 Å². The molecule has 2 N–H and O–H groups in total. The van der Waals surface area contributed by atoms with Crippen LogP contribution < -0.4 is 5.32 Å². The number of nitrogens with one attached hydrogen (secondary N) is 1. The van der Waals surface area contributed by atoms with Crippen LogP contribution in [0.15, 0.2) is 18.2 Å². The van der Waals surface area contributed by atoms with Gasteiger partial charge in [0.05, 0.1) is 0 Å². The third-order valence-corrected chi connectivity index (χ3v) is 3.99. The molecule has 0 aliphatic carbocycles. The second kappa shape index (κ2) is 7.47. The van der Waals surface area contributed by atoms with Crippen LogP contribution in [0.3, 0.4) is 0 Å². The minimum atomic E-state index is -0.00859. The van der Waals surface area contributed by atoms with E-state index in [4.69, 9.17) is 0 Å². The number of phenols is 1. The molecule has 0 bridgehead atoms. The van der Waals surface area contributed by atoms with E-state index in [1.165, 1.54) is 13.1 Å². The number of rotatable bonds is 0. The zero-order valence-electron chi connectivity index (χ0n) is 15.5. The summed E-state index contributed by atoms with van der Waals surface area (Å²) in [6.07, 6.45) is 0. The van der Waals surface area contributed by atoms with E-state index in [1.54, 1.807) is 0 Å². The molecule has 0 amide bonds. The van der Waals surface area contributed by atoms with E-state index < -0.39 is 0 Å². The zero-order chi connectivity index (χ0) is 17.0. The topological polar surface area (TPSA) is 35.5 Å². The molecule has 1 heterocycles. The molecule has 1 fully saturated rings. The summed E-state index contributed by atoms with van der Waals surface area (Å²) in [7, 11) is 2.15. The molecule has 1 aliphatic rings. The summed E-state index contributed by atoms with van der Waals surface area (Å²) in [4.78, 5) is 2.33. The molecule has 0 atom stereocenters. The van der Waals surface area contributed by atoms with Gasteiger partial charge in [0.2, 0.25) is 0 Å². The number of nitrogens with zero attached hydrogens (tertiary/aromatic N) is 1. The van der Waals surface area contributed by atoms with E-state index in [1.807, 2.05) is 18.2 Å². The largest absolute Gasteiger partial charge is 0.507 e. The van der Waals surface area contributed by atoms with E-state index >= 15 is 0 Å². The van der Waals surface area contributed by atoms with Crippen molar-refractivity contribution in [2.75, 3.05) is 33.2 Å². The molecule has 1 saturated heterocycles. The van der Waals surface area contributed by atoms with Crippen molar-refractivity contribution >= 4 is 0 Å². The highest BCUT2D eigenvalue weighted by Gasteiger charge is 2.24. The molecule has 2 rings (SSSR count). The van der Waals surface area contributed by atoms with Crippen LogP contribution >= 0.6 is 0 Å². The van der Waals surface area contributed by atoms with Gasteiger partial charge in [-0.3, -0.25) is 0 Å². The minimum Gasteiger partial charge on any atom is -0.507 e. The summed E-state index contributed by atoms with van der Waals surface area (Å²) in [6.45, 7) is 17.5. The van der Waals surface area contributed by atoms with Gasteiger partial charge in [-0.2, -0.15) is 0 Å². The third kappa shape index (κ3) is 5.62. The van der Waals surface area contributed by atoms with Crippen molar-refractivity contribution in [3.63, 3.8) is 0 Å². The summed E-state index contributed by atoms with van der Waals surface area (Å²) in [5, 5.41) is 13.5. The van der Waals surface area contributed by atoms with Crippen molar-refractivity contribution in [1.82, 2.24) is 10.2 Å². The van der Waals surface area contributed by atoms with E-state index in [2.05, 4.69) is 58.8 Å². The first-order valence-corrected chi connectivity index (χ1v) is 8.25. The molecule has 0 unspecified atom stereocenters. The van der Waals surface area contributed by atoms with Crippen molar-refractivity contribution in [2.45, 2.75) is 52.4 Å². The number of benzene rings is 1. The van der Waals surface area contributed by atoms with Gasteiger partial charge in [-0.25, -0.2) is 0 Å². The Balaban J connectivity index is 0.000000287. The van der Waals surface area contributed by atoms with Crippen LogP contribution in [-0.4, -0.2) is 43.2 Å². The maximum atomic E-state index is 10.3. The standard InChI is InChI=1S/C14H22O.C5H12N2/c1-13(2,3)10-8-7-9-11(12(10)15)14(4,5)6;1-7-4-2-6-3-5-7/h7-9,15H,1-6H3;6H,2-5H2,1H3. The van der Waals surface area contributed by atoms with Crippen molar-refractivity contribution < 1.29 is 5.11 Å². The van der Waals surface area contributed by atoms with Crippen LogP contribution in [0, 0.1) is 0 Å². The van der Waals surface area contributed by atoms with Crippen LogP contribution in [0.1, 0.15) is 52.7 Å². The lowest BCUT2D eigenvalue weighted by Gasteiger charge is -2.26. The van der Waals surface area contributed by atoms with Crippen LogP contribution in [0.25, 0.3) is 0 Å². The lowest BCUT2D eigenvalue weighted by Crippen LogP contribution is -2.40. The molecule has 0 saturated carbocycles. The SMILES string of the molecule is CC(C)(C)c1cccc(C(C)(C)C)c1O.CN1CCNCC1. The van der Waals surface area contributed by atoms with Gasteiger partial charge in [-0.1, -0.05) is 59.7 Å². The van der Waals surface area contributed by atoms with E-state index in [9.17, 15) is 5.11 Å². The summed E-state index contributed by atoms with van der Waals surface area (Å²) < 4.78 is 0. The predicted molar refractivity (Wildman–Crippen MR) is 95.9 cm³/mol. The Morgan fingerprint density at radius 3 is 1.59 bits per heavy atom. The highest BCUT2D eigenvalue weighted by molar-refractivity contribution is 5.46. The highest BCUT2D eigenvalue weighted by atomic mass is 16.3. The highest BCUT2D eigenvalue weighted by Crippen LogP contribution is 2.38. The quantitative estimate of drug-likeness (QED) is 0.770. The fraction of sp³-hybridized carbons (Fsp3) is 0.684. The molecule has 1 aliphatic heterocycles. The molecule has 0 aromatic heterocycles. The molecule has 3 heteroatoms. The lowest BCUT2D eigenvalue weighted by atomic mass is 9.80. The minimum absolute atomic E-state index is 0.00859. The Morgan fingerprint density at radius 1 is 0.909 bits per heavy atom. The Morgan fingerprint density at radius 2 is 1.32 bits per heavy atom. The summed E-state index contributed by atoms with van der Waals surface area (Å²) in [5.74, 6) is 0.456. The molecule has 0 radical (unpaired) electrons. The van der Waals surface area contributed by atoms with Crippen molar-refractivity contribution in [2.24, 2.45) is 0 Å². The van der Waals surface area contributed by atoms with Gasteiger partial charge >= 0.3 is 0 Å².